The molecule has 0 aliphatic carbocycles. The molecule has 4 N–H and O–H groups in total. The van der Waals surface area contributed by atoms with E-state index < -0.39 is 0 Å². The van der Waals surface area contributed by atoms with E-state index in [4.69, 9.17) is 10.9 Å². The number of hydrogen-bond donors (Lipinski definition) is 3. The van der Waals surface area contributed by atoms with Crippen molar-refractivity contribution in [2.75, 3.05) is 0 Å². The van der Waals surface area contributed by atoms with Crippen LogP contribution in [0.2, 0.25) is 0 Å². The summed E-state index contributed by atoms with van der Waals surface area (Å²) in [7, 11) is 0. The van der Waals surface area contributed by atoms with Crippen LogP contribution in [-0.4, -0.2) is 23.0 Å². The van der Waals surface area contributed by atoms with Gasteiger partial charge in [0.05, 0.1) is 0 Å². The number of rotatable bonds is 6. The maximum Gasteiger partial charge on any atom is 0.251 e. The van der Waals surface area contributed by atoms with E-state index in [1.54, 1.807) is 24.3 Å². The first-order valence-electron chi connectivity index (χ1n) is 6.86. The minimum atomic E-state index is -0.145. The van der Waals surface area contributed by atoms with E-state index in [0.717, 1.165) is 12.8 Å². The summed E-state index contributed by atoms with van der Waals surface area (Å²) < 4.78 is 0. The summed E-state index contributed by atoms with van der Waals surface area (Å²) in [6.07, 6.45) is 2.04. The average molecular weight is 277 g/mol. The molecule has 0 bridgehead atoms. The predicted octanol–water partition coefficient (Wildman–Crippen LogP) is 2.34. The Labute approximate surface area is 119 Å². The third-order valence-electron chi connectivity index (χ3n) is 3.36. The summed E-state index contributed by atoms with van der Waals surface area (Å²) in [6, 6.07) is 6.83. The molecule has 1 rings (SSSR count). The third kappa shape index (κ3) is 4.57. The Morgan fingerprint density at radius 1 is 1.40 bits per heavy atom. The van der Waals surface area contributed by atoms with Crippen LogP contribution in [0.4, 0.5) is 0 Å². The number of benzene rings is 1. The Kier molecular flexibility index (Phi) is 6.03. The van der Waals surface area contributed by atoms with E-state index in [1.807, 2.05) is 6.92 Å². The van der Waals surface area contributed by atoms with Crippen molar-refractivity contribution in [3.63, 3.8) is 0 Å². The van der Waals surface area contributed by atoms with E-state index in [2.05, 4.69) is 24.3 Å². The van der Waals surface area contributed by atoms with Gasteiger partial charge in [-0.2, -0.15) is 0 Å². The maximum atomic E-state index is 12.1. The number of amidine groups is 1. The van der Waals surface area contributed by atoms with Gasteiger partial charge in [0.2, 0.25) is 0 Å². The molecule has 0 saturated carbocycles. The van der Waals surface area contributed by atoms with E-state index in [9.17, 15) is 4.79 Å². The monoisotopic (exact) mass is 277 g/mol. The molecule has 0 heterocycles. The van der Waals surface area contributed by atoms with Gasteiger partial charge in [0.1, 0.15) is 0 Å². The van der Waals surface area contributed by atoms with E-state index >= 15 is 0 Å². The van der Waals surface area contributed by atoms with Crippen LogP contribution in [0.25, 0.3) is 0 Å². The number of carbonyl (C=O) groups excluding carboxylic acids is 1. The lowest BCUT2D eigenvalue weighted by atomic mass is 10.00. The second-order valence-corrected chi connectivity index (χ2v) is 5.19. The summed E-state index contributed by atoms with van der Waals surface area (Å²) in [5.74, 6) is 0.425. The number of nitrogens with one attached hydrogen (secondary N) is 1. The molecule has 0 spiro atoms. The number of nitrogens with zero attached hydrogens (tertiary/aromatic N) is 1. The molecular formula is C15H23N3O2. The van der Waals surface area contributed by atoms with Crippen LogP contribution in [0, 0.1) is 5.92 Å². The van der Waals surface area contributed by atoms with Gasteiger partial charge in [-0.15, -0.1) is 0 Å². The van der Waals surface area contributed by atoms with Gasteiger partial charge in [0.15, 0.2) is 5.84 Å². The van der Waals surface area contributed by atoms with Crippen LogP contribution in [0.1, 0.15) is 49.5 Å². The summed E-state index contributed by atoms with van der Waals surface area (Å²) in [6.45, 7) is 6.30. The van der Waals surface area contributed by atoms with Gasteiger partial charge in [-0.1, -0.05) is 37.6 Å². The molecule has 0 fully saturated rings. The van der Waals surface area contributed by atoms with Crippen LogP contribution in [0.3, 0.4) is 0 Å². The van der Waals surface area contributed by atoms with Crippen molar-refractivity contribution >= 4 is 11.7 Å². The Morgan fingerprint density at radius 3 is 2.65 bits per heavy atom. The molecule has 20 heavy (non-hydrogen) atoms. The second kappa shape index (κ2) is 7.53. The SMILES string of the molecule is CCC(C)CC(C)NC(=O)c1cccc(C(N)=NO)c1. The Morgan fingerprint density at radius 2 is 2.05 bits per heavy atom. The Balaban J connectivity index is 2.73. The van der Waals surface area contributed by atoms with Crippen molar-refractivity contribution in [3.8, 4) is 0 Å². The molecule has 5 heteroatoms. The standard InChI is InChI=1S/C15H23N3O2/c1-4-10(2)8-11(3)17-15(19)13-7-5-6-12(9-13)14(16)18-20/h5-7,9-11,20H,4,8H2,1-3H3,(H2,16,18)(H,17,19). The molecule has 1 aromatic carbocycles. The zero-order valence-corrected chi connectivity index (χ0v) is 12.3. The molecule has 110 valence electrons. The van der Waals surface area contributed by atoms with Crippen LogP contribution in [0.5, 0.6) is 0 Å². The van der Waals surface area contributed by atoms with E-state index in [-0.39, 0.29) is 17.8 Å². The molecule has 0 saturated heterocycles. The quantitative estimate of drug-likeness (QED) is 0.323. The number of hydrogen-bond acceptors (Lipinski definition) is 3. The smallest absolute Gasteiger partial charge is 0.251 e. The van der Waals surface area contributed by atoms with E-state index in [1.165, 1.54) is 0 Å². The topological polar surface area (TPSA) is 87.7 Å². The van der Waals surface area contributed by atoms with Gasteiger partial charge in [-0.3, -0.25) is 4.79 Å². The molecule has 0 radical (unpaired) electrons. The summed E-state index contributed by atoms with van der Waals surface area (Å²) in [4.78, 5) is 12.1. The van der Waals surface area contributed by atoms with Crippen LogP contribution >= 0.6 is 0 Å². The third-order valence-corrected chi connectivity index (χ3v) is 3.36. The fourth-order valence-corrected chi connectivity index (χ4v) is 2.01. The molecule has 1 amide bonds. The fourth-order valence-electron chi connectivity index (χ4n) is 2.01. The van der Waals surface area contributed by atoms with Crippen molar-refractivity contribution in [2.24, 2.45) is 16.8 Å². The van der Waals surface area contributed by atoms with Gasteiger partial charge in [-0.25, -0.2) is 0 Å². The minimum Gasteiger partial charge on any atom is -0.409 e. The molecule has 1 aromatic rings. The van der Waals surface area contributed by atoms with Gasteiger partial charge in [0, 0.05) is 17.2 Å². The van der Waals surface area contributed by atoms with Gasteiger partial charge >= 0.3 is 0 Å². The molecular weight excluding hydrogens is 254 g/mol. The highest BCUT2D eigenvalue weighted by atomic mass is 16.4. The molecule has 5 nitrogen and oxygen atoms in total. The number of carbonyl (C=O) groups is 1. The molecule has 2 atom stereocenters. The van der Waals surface area contributed by atoms with Crippen LogP contribution < -0.4 is 11.1 Å². The number of amides is 1. The Hall–Kier alpha value is -2.04. The second-order valence-electron chi connectivity index (χ2n) is 5.19. The van der Waals surface area contributed by atoms with Crippen molar-refractivity contribution in [1.82, 2.24) is 5.32 Å². The Bertz CT molecular complexity index is 486. The van der Waals surface area contributed by atoms with Crippen molar-refractivity contribution in [3.05, 3.63) is 35.4 Å². The fraction of sp³-hybridized carbons (Fsp3) is 0.467. The summed E-state index contributed by atoms with van der Waals surface area (Å²) in [5, 5.41) is 14.5. The van der Waals surface area contributed by atoms with E-state index in [0.29, 0.717) is 17.0 Å². The summed E-state index contributed by atoms with van der Waals surface area (Å²) in [5.41, 5.74) is 6.54. The summed E-state index contributed by atoms with van der Waals surface area (Å²) >= 11 is 0. The van der Waals surface area contributed by atoms with Crippen LogP contribution in [-0.2, 0) is 0 Å². The zero-order chi connectivity index (χ0) is 15.1. The first-order valence-corrected chi connectivity index (χ1v) is 6.86. The molecule has 0 aliphatic heterocycles. The molecule has 0 aromatic heterocycles. The minimum absolute atomic E-state index is 0.00713. The highest BCUT2D eigenvalue weighted by Crippen LogP contribution is 2.11. The maximum absolute atomic E-state index is 12.1. The molecule has 0 aliphatic rings. The lowest BCUT2D eigenvalue weighted by Crippen LogP contribution is -2.33. The predicted molar refractivity (Wildman–Crippen MR) is 80.0 cm³/mol. The van der Waals surface area contributed by atoms with Gasteiger partial charge < -0.3 is 16.3 Å². The van der Waals surface area contributed by atoms with Gasteiger partial charge in [0.25, 0.3) is 5.91 Å². The van der Waals surface area contributed by atoms with Crippen LogP contribution in [0.15, 0.2) is 29.4 Å². The first kappa shape index (κ1) is 16.0. The average Bonchev–Trinajstić information content (AvgIpc) is 2.46. The molecule has 2 unspecified atom stereocenters. The first-order chi connectivity index (χ1) is 9.47. The van der Waals surface area contributed by atoms with Gasteiger partial charge in [-0.05, 0) is 31.4 Å². The largest absolute Gasteiger partial charge is 0.409 e. The van der Waals surface area contributed by atoms with Crippen molar-refractivity contribution < 1.29 is 10.0 Å². The van der Waals surface area contributed by atoms with Crippen molar-refractivity contribution in [1.29, 1.82) is 0 Å². The highest BCUT2D eigenvalue weighted by molar-refractivity contribution is 6.01. The number of nitrogens with two attached hydrogens (primary N) is 1. The lowest BCUT2D eigenvalue weighted by Gasteiger charge is -2.17. The van der Waals surface area contributed by atoms with Crippen molar-refractivity contribution in [2.45, 2.75) is 39.7 Å². The lowest BCUT2D eigenvalue weighted by molar-refractivity contribution is 0.0935. The highest BCUT2D eigenvalue weighted by Gasteiger charge is 2.13. The normalized spacial score (nSPS) is 14.7. The zero-order valence-electron chi connectivity index (χ0n) is 12.3. The number of oxime groups is 1.